The average Bonchev–Trinajstić information content (AvgIpc) is 3.01. The number of fused-ring (bicyclic) bond motifs is 3. The normalized spacial score (nSPS) is 58.4. The minimum atomic E-state index is -0.913. The highest BCUT2D eigenvalue weighted by Gasteiger charge is 2.77. The topological polar surface area (TPSA) is 66.8 Å². The Morgan fingerprint density at radius 3 is 2.79 bits per heavy atom. The first-order chi connectivity index (χ1) is 6.63. The van der Waals surface area contributed by atoms with E-state index in [4.69, 9.17) is 4.74 Å². The van der Waals surface area contributed by atoms with Gasteiger partial charge in [0.05, 0.1) is 24.7 Å². The number of rotatable bonds is 1. The van der Waals surface area contributed by atoms with E-state index in [0.29, 0.717) is 12.3 Å². The van der Waals surface area contributed by atoms with Crippen molar-refractivity contribution >= 4 is 5.97 Å². The number of methoxy groups -OCH3 is 1. The van der Waals surface area contributed by atoms with Crippen molar-refractivity contribution in [2.75, 3.05) is 7.11 Å². The fourth-order valence-corrected chi connectivity index (χ4v) is 3.35. The van der Waals surface area contributed by atoms with Gasteiger partial charge in [-0.1, -0.05) is 0 Å². The number of aliphatic hydroxyl groups excluding tert-OH is 2. The van der Waals surface area contributed by atoms with Crippen molar-refractivity contribution in [3.05, 3.63) is 0 Å². The number of aliphatic hydroxyl groups is 2. The van der Waals surface area contributed by atoms with Crippen LogP contribution >= 0.6 is 0 Å². The van der Waals surface area contributed by atoms with E-state index in [1.807, 2.05) is 0 Å². The first kappa shape index (κ1) is 8.68. The summed E-state index contributed by atoms with van der Waals surface area (Å²) in [6.07, 6.45) is 0.0160. The van der Waals surface area contributed by atoms with Crippen molar-refractivity contribution in [3.8, 4) is 0 Å². The highest BCUT2D eigenvalue weighted by atomic mass is 16.5. The first-order valence-corrected chi connectivity index (χ1v) is 5.07. The number of ether oxygens (including phenoxy) is 1. The molecular weight excluding hydrogens is 184 g/mol. The summed E-state index contributed by atoms with van der Waals surface area (Å²) in [5.74, 6) is 0.598. The lowest BCUT2D eigenvalue weighted by atomic mass is 9.83. The molecule has 78 valence electrons. The molecule has 6 atom stereocenters. The molecule has 3 saturated carbocycles. The van der Waals surface area contributed by atoms with Crippen LogP contribution in [-0.2, 0) is 9.53 Å². The average molecular weight is 198 g/mol. The third-order valence-corrected chi connectivity index (χ3v) is 4.32. The zero-order valence-corrected chi connectivity index (χ0v) is 8.01. The maximum absolute atomic E-state index is 11.6. The summed E-state index contributed by atoms with van der Waals surface area (Å²) in [6.45, 7) is 0. The van der Waals surface area contributed by atoms with Gasteiger partial charge >= 0.3 is 5.97 Å². The third kappa shape index (κ3) is 0.754. The van der Waals surface area contributed by atoms with Gasteiger partial charge in [-0.2, -0.15) is 0 Å². The zero-order chi connectivity index (χ0) is 10.1. The zero-order valence-electron chi connectivity index (χ0n) is 8.01. The SMILES string of the molecule is COC(=O)[C@]12C[C@H]1[C@@H]1C[C@@H]1[C@H](O)[C@H]2O. The molecule has 14 heavy (non-hydrogen) atoms. The Kier molecular flexibility index (Phi) is 1.43. The molecule has 0 amide bonds. The molecule has 0 aromatic heterocycles. The molecule has 0 aromatic rings. The van der Waals surface area contributed by atoms with Gasteiger partial charge < -0.3 is 14.9 Å². The number of esters is 1. The van der Waals surface area contributed by atoms with Gasteiger partial charge in [0.1, 0.15) is 0 Å². The molecule has 4 nitrogen and oxygen atoms in total. The monoisotopic (exact) mass is 198 g/mol. The molecule has 0 saturated heterocycles. The summed E-state index contributed by atoms with van der Waals surface area (Å²) in [6, 6.07) is 0. The van der Waals surface area contributed by atoms with E-state index in [0.717, 1.165) is 6.42 Å². The van der Waals surface area contributed by atoms with Crippen LogP contribution in [-0.4, -0.2) is 35.5 Å². The van der Waals surface area contributed by atoms with E-state index in [-0.39, 0.29) is 17.8 Å². The predicted octanol–water partition coefficient (Wildman–Crippen LogP) is -0.463. The van der Waals surface area contributed by atoms with Gasteiger partial charge in [0.15, 0.2) is 0 Å². The smallest absolute Gasteiger partial charge is 0.314 e. The quantitative estimate of drug-likeness (QED) is 0.559. The summed E-state index contributed by atoms with van der Waals surface area (Å²) in [4.78, 5) is 11.6. The number of carbonyl (C=O) groups excluding carboxylic acids is 1. The molecule has 2 N–H and O–H groups in total. The van der Waals surface area contributed by atoms with E-state index in [2.05, 4.69) is 0 Å². The van der Waals surface area contributed by atoms with Crippen LogP contribution in [0.3, 0.4) is 0 Å². The summed E-state index contributed by atoms with van der Waals surface area (Å²) in [7, 11) is 1.34. The second-order valence-electron chi connectivity index (χ2n) is 4.84. The highest BCUT2D eigenvalue weighted by Crippen LogP contribution is 2.72. The largest absolute Gasteiger partial charge is 0.469 e. The van der Waals surface area contributed by atoms with Crippen LogP contribution in [0.25, 0.3) is 0 Å². The molecule has 3 fully saturated rings. The van der Waals surface area contributed by atoms with Crippen LogP contribution in [0.4, 0.5) is 0 Å². The van der Waals surface area contributed by atoms with Gasteiger partial charge in [0.2, 0.25) is 0 Å². The molecule has 0 spiro atoms. The van der Waals surface area contributed by atoms with Crippen molar-refractivity contribution < 1.29 is 19.7 Å². The van der Waals surface area contributed by atoms with Crippen LogP contribution in [0.5, 0.6) is 0 Å². The molecular formula is C10H14O4. The number of carbonyl (C=O) groups is 1. The summed E-state index contributed by atoms with van der Waals surface area (Å²) in [5, 5.41) is 19.6. The van der Waals surface area contributed by atoms with Gasteiger partial charge in [-0.3, -0.25) is 4.79 Å². The summed E-state index contributed by atoms with van der Waals surface area (Å²) in [5.41, 5.74) is -0.758. The number of hydrogen-bond acceptors (Lipinski definition) is 4. The van der Waals surface area contributed by atoms with Crippen LogP contribution in [0, 0.1) is 23.2 Å². The van der Waals surface area contributed by atoms with Gasteiger partial charge in [-0.15, -0.1) is 0 Å². The Morgan fingerprint density at radius 2 is 2.14 bits per heavy atom. The molecule has 3 aliphatic carbocycles. The van der Waals surface area contributed by atoms with Gasteiger partial charge in [0, 0.05) is 0 Å². The fraction of sp³-hybridized carbons (Fsp3) is 0.900. The maximum Gasteiger partial charge on any atom is 0.314 e. The molecule has 0 bridgehead atoms. The predicted molar refractivity (Wildman–Crippen MR) is 46.2 cm³/mol. The Labute approximate surface area is 81.9 Å². The molecule has 4 heteroatoms. The van der Waals surface area contributed by atoms with E-state index < -0.39 is 17.6 Å². The lowest BCUT2D eigenvalue weighted by molar-refractivity contribution is -0.160. The molecule has 0 unspecified atom stereocenters. The molecule has 3 rings (SSSR count). The van der Waals surface area contributed by atoms with Crippen molar-refractivity contribution in [1.82, 2.24) is 0 Å². The maximum atomic E-state index is 11.6. The molecule has 0 radical (unpaired) electrons. The summed E-state index contributed by atoms with van der Waals surface area (Å²) < 4.78 is 4.71. The molecule has 0 aliphatic heterocycles. The molecule has 3 aliphatic rings. The third-order valence-electron chi connectivity index (χ3n) is 4.32. The Morgan fingerprint density at radius 1 is 1.43 bits per heavy atom. The second kappa shape index (κ2) is 2.31. The van der Waals surface area contributed by atoms with Crippen LogP contribution in [0.15, 0.2) is 0 Å². The van der Waals surface area contributed by atoms with E-state index >= 15 is 0 Å². The van der Waals surface area contributed by atoms with E-state index in [9.17, 15) is 15.0 Å². The van der Waals surface area contributed by atoms with Crippen molar-refractivity contribution in [2.45, 2.75) is 25.0 Å². The fourth-order valence-electron chi connectivity index (χ4n) is 3.35. The minimum Gasteiger partial charge on any atom is -0.469 e. The minimum absolute atomic E-state index is 0.232. The Bertz CT molecular complexity index is 302. The molecule has 0 aromatic carbocycles. The first-order valence-electron chi connectivity index (χ1n) is 5.07. The van der Waals surface area contributed by atoms with Crippen molar-refractivity contribution in [2.24, 2.45) is 23.2 Å². The van der Waals surface area contributed by atoms with Crippen LogP contribution in [0.1, 0.15) is 12.8 Å². The Hall–Kier alpha value is -0.610. The standard InChI is InChI=1S/C10H14O4/c1-14-9(13)10-3-6(10)4-2-5(4)7(11)8(10)12/h4-8,11-12H,2-3H2,1H3/t4-,5+,6+,7+,8-,10-/m1/s1. The highest BCUT2D eigenvalue weighted by molar-refractivity contribution is 5.82. The van der Waals surface area contributed by atoms with E-state index in [1.165, 1.54) is 7.11 Å². The lowest BCUT2D eigenvalue weighted by Crippen LogP contribution is -2.45. The molecule has 0 heterocycles. The van der Waals surface area contributed by atoms with Crippen molar-refractivity contribution in [3.63, 3.8) is 0 Å². The van der Waals surface area contributed by atoms with Crippen molar-refractivity contribution in [1.29, 1.82) is 0 Å². The van der Waals surface area contributed by atoms with Gasteiger partial charge in [0.25, 0.3) is 0 Å². The van der Waals surface area contributed by atoms with Gasteiger partial charge in [-0.25, -0.2) is 0 Å². The van der Waals surface area contributed by atoms with Crippen LogP contribution in [0.2, 0.25) is 0 Å². The van der Waals surface area contributed by atoms with Crippen LogP contribution < -0.4 is 0 Å². The summed E-state index contributed by atoms with van der Waals surface area (Å²) >= 11 is 0. The second-order valence-corrected chi connectivity index (χ2v) is 4.84. The van der Waals surface area contributed by atoms with E-state index in [1.54, 1.807) is 0 Å². The van der Waals surface area contributed by atoms with Gasteiger partial charge in [-0.05, 0) is 30.6 Å². The Balaban J connectivity index is 1.92. The number of hydrogen-bond donors (Lipinski definition) is 2. The lowest BCUT2D eigenvalue weighted by Gasteiger charge is -2.29.